The molecule has 0 N–H and O–H groups in total. The van der Waals surface area contributed by atoms with Crippen LogP contribution in [0.15, 0.2) is 432 Å². The number of anilines is 2. The normalized spacial score (nSPS) is 13.6. The summed E-state index contributed by atoms with van der Waals surface area (Å²) in [6.45, 7) is 20.1. The minimum absolute atomic E-state index is 0. The van der Waals surface area contributed by atoms with Crippen molar-refractivity contribution in [2.75, 3.05) is 23.9 Å². The van der Waals surface area contributed by atoms with Gasteiger partial charge in [0.05, 0.1) is 16.6 Å². The van der Waals surface area contributed by atoms with Crippen LogP contribution in [0.1, 0.15) is 80.5 Å². The number of pyridine rings is 4. The molecule has 30 rings (SSSR count). The van der Waals surface area contributed by atoms with Gasteiger partial charge in [-0.15, -0.1) is 105 Å². The molecule has 0 amide bonds. The van der Waals surface area contributed by atoms with Crippen molar-refractivity contribution in [2.24, 2.45) is 0 Å². The summed E-state index contributed by atoms with van der Waals surface area (Å²) in [5.74, 6) is 0. The fraction of sp³-hybridized carbons (Fsp3) is 0.0876. The summed E-state index contributed by atoms with van der Waals surface area (Å²) in [6, 6.07) is 157. The number of para-hydroxylation sites is 4. The minimum Gasteiger partial charge on any atom is -0.574 e. The Bertz CT molecular complexity index is 8900. The van der Waals surface area contributed by atoms with Crippen LogP contribution in [0.2, 0.25) is 0 Å². The molecule has 727 valence electrons. The Morgan fingerprint density at radius 3 is 0.880 bits per heavy atom. The molecule has 1 radical (unpaired) electrons. The Balaban J connectivity index is 0.000000108. The van der Waals surface area contributed by atoms with Gasteiger partial charge in [0.2, 0.25) is 0 Å². The first kappa shape index (κ1) is 98.6. The Labute approximate surface area is 914 Å². The van der Waals surface area contributed by atoms with Gasteiger partial charge in [-0.2, -0.15) is 67.4 Å². The molecule has 0 saturated carbocycles. The Morgan fingerprint density at radius 1 is 0.267 bits per heavy atom. The summed E-state index contributed by atoms with van der Waals surface area (Å²) in [7, 11) is 4.00. The molecule has 3 aliphatic carbocycles. The summed E-state index contributed by atoms with van der Waals surface area (Å²) in [4.78, 5) is 27.1. The number of rotatable bonds is 6. The van der Waals surface area contributed by atoms with Gasteiger partial charge >= 0.3 is 40.2 Å². The maximum Gasteiger partial charge on any atom is 3.00 e. The molecule has 2 aliphatic heterocycles. The van der Waals surface area contributed by atoms with E-state index in [0.29, 0.717) is 0 Å². The molecule has 0 spiro atoms. The number of hydrogen-bond donors (Lipinski definition) is 0. The average molecular weight is 2460 g/mol. The van der Waals surface area contributed by atoms with E-state index < -0.39 is 0 Å². The topological polar surface area (TPSA) is 91.5 Å². The molecular weight excluding hydrogens is 2360 g/mol. The molecule has 20 aromatic carbocycles. The zero-order valence-corrected chi connectivity index (χ0v) is 91.3. The van der Waals surface area contributed by atoms with Crippen LogP contribution >= 0.6 is 0 Å². The van der Waals surface area contributed by atoms with Gasteiger partial charge in [0, 0.05) is 38.2 Å². The van der Waals surface area contributed by atoms with Gasteiger partial charge < -0.3 is 29.8 Å². The standard InChI is InChI=1S/3C36H24N.C11H12N2.C10H10N2.C8H6N3.3Ir/c3*1-36(2)32-17-15-23(35-18-16-22-9-3-8-14-34(22)37-35)19-30(32)31-20-28-26-12-6-4-10-24(26)25-11-5-7-13-27(25)29(28)21-33(31)36;1-10-3-5-11(6-4-10)13-8-7-12(2)9-13;1-11-7-8-12(9-11)10-5-3-2-4-6-10;1-2-5-9-7(3-1)8-4-6-10-11-8;;;/h3*3-14,16-21H,1-2H3;3-5,7-9H,1-2H3;2-5,7-9H,1H3;1-6H;;;/q3*-1;2*-2;-1;;2*+3. The van der Waals surface area contributed by atoms with Gasteiger partial charge in [-0.25, -0.2) is 0 Å². The molecule has 150 heavy (non-hydrogen) atoms. The first-order valence-corrected chi connectivity index (χ1v) is 50.2. The van der Waals surface area contributed by atoms with Crippen molar-refractivity contribution in [1.82, 2.24) is 39.9 Å². The van der Waals surface area contributed by atoms with Gasteiger partial charge in [0.1, 0.15) is 0 Å². The van der Waals surface area contributed by atoms with Crippen LogP contribution in [0, 0.1) is 50.6 Å². The van der Waals surface area contributed by atoms with Gasteiger partial charge in [0.25, 0.3) is 0 Å². The summed E-state index contributed by atoms with van der Waals surface area (Å²) < 4.78 is 0. The molecule has 13 heteroatoms. The van der Waals surface area contributed by atoms with E-state index in [1.807, 2.05) is 145 Å². The number of fused-ring (bicyclic) bond motifs is 30. The monoisotopic (exact) mass is 2460 g/mol. The smallest absolute Gasteiger partial charge is 0.574 e. The van der Waals surface area contributed by atoms with Crippen LogP contribution in [0.25, 0.3) is 208 Å². The third-order valence-electron chi connectivity index (χ3n) is 30.2. The van der Waals surface area contributed by atoms with Crippen LogP contribution in [0.3, 0.4) is 0 Å². The van der Waals surface area contributed by atoms with E-state index in [1.54, 1.807) is 12.4 Å². The maximum atomic E-state index is 4.96. The van der Waals surface area contributed by atoms with Crippen LogP contribution in [0.5, 0.6) is 0 Å². The van der Waals surface area contributed by atoms with Gasteiger partial charge in [-0.3, -0.25) is 19.9 Å². The maximum absolute atomic E-state index is 4.96. The molecule has 0 fully saturated rings. The zero-order valence-electron chi connectivity index (χ0n) is 84.1. The van der Waals surface area contributed by atoms with E-state index in [1.165, 1.54) is 169 Å². The molecule has 7 heterocycles. The number of benzene rings is 20. The Hall–Kier alpha value is -16.0. The molecule has 0 unspecified atom stereocenters. The van der Waals surface area contributed by atoms with Crippen molar-refractivity contribution in [2.45, 2.75) is 64.7 Å². The van der Waals surface area contributed by atoms with Crippen molar-refractivity contribution in [3.63, 3.8) is 0 Å². The quantitative estimate of drug-likeness (QED) is 0.118. The Morgan fingerprint density at radius 2 is 0.580 bits per heavy atom. The molecule has 5 aromatic heterocycles. The molecule has 5 aliphatic rings. The number of hydrogen-bond acceptors (Lipinski definition) is 9. The van der Waals surface area contributed by atoms with Crippen molar-refractivity contribution < 1.29 is 60.3 Å². The summed E-state index contributed by atoms with van der Waals surface area (Å²) in [5, 5.41) is 34.7. The van der Waals surface area contributed by atoms with Crippen LogP contribution in [0.4, 0.5) is 11.4 Å². The number of nitrogens with zero attached hydrogens (tertiary/aromatic N) is 10. The van der Waals surface area contributed by atoms with Crippen LogP contribution in [-0.4, -0.2) is 48.9 Å². The zero-order chi connectivity index (χ0) is 99.3. The van der Waals surface area contributed by atoms with E-state index in [-0.39, 0.29) is 76.6 Å². The average Bonchev–Trinajstić information content (AvgIpc) is 1.57. The van der Waals surface area contributed by atoms with Gasteiger partial charge in [-0.05, 0) is 285 Å². The van der Waals surface area contributed by atoms with Crippen LogP contribution in [-0.2, 0) is 76.6 Å². The predicted octanol–water partition coefficient (Wildman–Crippen LogP) is 33.5. The molecule has 0 atom stereocenters. The Kier molecular flexibility index (Phi) is 26.7. The van der Waals surface area contributed by atoms with E-state index in [9.17, 15) is 0 Å². The molecule has 0 saturated heterocycles. The number of aromatic nitrogens is 6. The molecular formula is C137H100Ir3N10-2. The SMILES string of the molecule is CC1(C)c2c[c-]c(-c3ccc4ccccc4n3)cc2-c2cc3c4ccccc4c4ccccc4c3cc21.CC1(C)c2c[c-]c(-c3ccc4ccccc4n3)cc2-c2cc3c4ccccc4c4ccccc4c3cc21.CC1(C)c2c[c-]c(-c3ccc4ccccc4n3)cc2-c2cc3c4ccccc4c4ccccc4c3cc21.CN1C=CN(c2[c-]cccc2)[CH-]1.Cc1c[c-]c(N2C=CN(C)[CH-]2)cc1.[Ir+3].[Ir+3].[Ir].c1ccc(-c2ccn[n-]2)nc1. The van der Waals surface area contributed by atoms with Crippen molar-refractivity contribution in [3.8, 4) is 78.5 Å². The van der Waals surface area contributed by atoms with Crippen molar-refractivity contribution in [3.05, 3.63) is 514 Å². The summed E-state index contributed by atoms with van der Waals surface area (Å²) in [5.41, 5.74) is 29.8. The summed E-state index contributed by atoms with van der Waals surface area (Å²) >= 11 is 0. The second-order valence-electron chi connectivity index (χ2n) is 40.3. The largest absolute Gasteiger partial charge is 3.00 e. The van der Waals surface area contributed by atoms with E-state index in [4.69, 9.17) is 15.0 Å². The van der Waals surface area contributed by atoms with Crippen molar-refractivity contribution in [1.29, 1.82) is 0 Å². The van der Waals surface area contributed by atoms with Crippen molar-refractivity contribution >= 4 is 141 Å². The second kappa shape index (κ2) is 40.5. The third kappa shape index (κ3) is 17.9. The van der Waals surface area contributed by atoms with Crippen LogP contribution < -0.4 is 14.9 Å². The predicted molar refractivity (Wildman–Crippen MR) is 612 cm³/mol. The fourth-order valence-electron chi connectivity index (χ4n) is 22.6. The minimum atomic E-state index is -0.0998. The first-order chi connectivity index (χ1) is 71.9. The van der Waals surface area contributed by atoms with Gasteiger partial charge in [-0.1, -0.05) is 320 Å². The molecule has 25 aromatic rings. The number of aryl methyl sites for hydroxylation is 1. The fourth-order valence-corrected chi connectivity index (χ4v) is 22.6. The van der Waals surface area contributed by atoms with Gasteiger partial charge in [0.15, 0.2) is 0 Å². The third-order valence-corrected chi connectivity index (χ3v) is 30.2. The molecule has 0 bridgehead atoms. The van der Waals surface area contributed by atoms with E-state index in [0.717, 1.165) is 89.2 Å². The second-order valence-corrected chi connectivity index (χ2v) is 40.3. The first-order valence-electron chi connectivity index (χ1n) is 50.2. The van der Waals surface area contributed by atoms with E-state index >= 15 is 0 Å². The molecule has 10 nitrogen and oxygen atoms in total. The summed E-state index contributed by atoms with van der Waals surface area (Å²) in [6.07, 6.45) is 11.4. The van der Waals surface area contributed by atoms with E-state index in [2.05, 4.69) is 415 Å².